The first-order valence-electron chi connectivity index (χ1n) is 7.34. The molecule has 2 atom stereocenters. The largest absolute Gasteiger partial charge is 0.338 e. The molecule has 0 saturated carbocycles. The molecule has 3 heterocycles. The van der Waals surface area contributed by atoms with Crippen LogP contribution in [0, 0.1) is 11.8 Å². The summed E-state index contributed by atoms with van der Waals surface area (Å²) in [6.45, 7) is 5.93. The van der Waals surface area contributed by atoms with Gasteiger partial charge in [-0.3, -0.25) is 9.36 Å². The van der Waals surface area contributed by atoms with Gasteiger partial charge in [0.25, 0.3) is 5.91 Å². The van der Waals surface area contributed by atoms with E-state index in [4.69, 9.17) is 11.6 Å². The van der Waals surface area contributed by atoms with Crippen LogP contribution in [0.15, 0.2) is 24.9 Å². The van der Waals surface area contributed by atoms with Crippen molar-refractivity contribution in [2.75, 3.05) is 13.1 Å². The molecule has 1 aliphatic heterocycles. The highest BCUT2D eigenvalue weighted by Gasteiger charge is 2.26. The summed E-state index contributed by atoms with van der Waals surface area (Å²) in [6, 6.07) is 1.66. The lowest BCUT2D eigenvalue weighted by Crippen LogP contribution is -2.42. The van der Waals surface area contributed by atoms with Gasteiger partial charge in [-0.1, -0.05) is 25.4 Å². The Labute approximate surface area is 134 Å². The van der Waals surface area contributed by atoms with E-state index in [0.29, 0.717) is 28.2 Å². The highest BCUT2D eigenvalue weighted by molar-refractivity contribution is 6.32. The van der Waals surface area contributed by atoms with Crippen LogP contribution in [0.2, 0.25) is 5.02 Å². The molecule has 116 valence electrons. The average molecular weight is 320 g/mol. The normalized spacial score (nSPS) is 21.9. The Kier molecular flexibility index (Phi) is 4.11. The van der Waals surface area contributed by atoms with E-state index < -0.39 is 0 Å². The molecule has 0 spiro atoms. The van der Waals surface area contributed by atoms with Crippen LogP contribution >= 0.6 is 11.6 Å². The van der Waals surface area contributed by atoms with E-state index in [1.54, 1.807) is 16.8 Å². The number of amides is 1. The van der Waals surface area contributed by atoms with Crippen molar-refractivity contribution in [3.8, 4) is 5.82 Å². The minimum atomic E-state index is -0.0110. The lowest BCUT2D eigenvalue weighted by molar-refractivity contribution is 0.0622. The first kappa shape index (κ1) is 15.0. The zero-order valence-corrected chi connectivity index (χ0v) is 13.4. The third-order valence-corrected chi connectivity index (χ3v) is 4.17. The third kappa shape index (κ3) is 2.97. The molecule has 0 radical (unpaired) electrons. The monoisotopic (exact) mass is 319 g/mol. The number of rotatable bonds is 2. The van der Waals surface area contributed by atoms with Crippen LogP contribution in [-0.2, 0) is 0 Å². The standard InChI is InChI=1S/C15H18ClN5O/c1-10-3-11(2)7-20(6-10)15(22)12-4-13(16)14(17-5-12)21-8-18-19-9-21/h4-5,8-11H,3,6-7H2,1-2H3. The zero-order chi connectivity index (χ0) is 15.7. The maximum absolute atomic E-state index is 12.6. The molecule has 1 aliphatic rings. The summed E-state index contributed by atoms with van der Waals surface area (Å²) in [4.78, 5) is 18.8. The van der Waals surface area contributed by atoms with E-state index in [1.807, 2.05) is 4.90 Å². The Hall–Kier alpha value is -1.95. The fourth-order valence-corrected chi connectivity index (χ4v) is 3.32. The maximum Gasteiger partial charge on any atom is 0.255 e. The molecule has 2 aromatic rings. The number of pyridine rings is 1. The number of halogens is 1. The maximum atomic E-state index is 12.6. The van der Waals surface area contributed by atoms with Crippen molar-refractivity contribution in [1.29, 1.82) is 0 Å². The molecule has 0 N–H and O–H groups in total. The van der Waals surface area contributed by atoms with Gasteiger partial charge >= 0.3 is 0 Å². The number of carbonyl (C=O) groups excluding carboxylic acids is 1. The molecule has 0 bridgehead atoms. The number of aromatic nitrogens is 4. The number of likely N-dealkylation sites (tertiary alicyclic amines) is 1. The molecule has 3 rings (SSSR count). The highest BCUT2D eigenvalue weighted by atomic mass is 35.5. The summed E-state index contributed by atoms with van der Waals surface area (Å²) in [5.74, 6) is 1.55. The Bertz CT molecular complexity index is 663. The second-order valence-electron chi connectivity index (χ2n) is 6.05. The fraction of sp³-hybridized carbons (Fsp3) is 0.467. The van der Waals surface area contributed by atoms with Crippen molar-refractivity contribution >= 4 is 17.5 Å². The summed E-state index contributed by atoms with van der Waals surface area (Å²) in [7, 11) is 0. The van der Waals surface area contributed by atoms with Gasteiger partial charge in [0.1, 0.15) is 12.7 Å². The third-order valence-electron chi connectivity index (χ3n) is 3.89. The van der Waals surface area contributed by atoms with Crippen molar-refractivity contribution < 1.29 is 4.79 Å². The van der Waals surface area contributed by atoms with Gasteiger partial charge in [0.15, 0.2) is 5.82 Å². The molecule has 0 aromatic carbocycles. The van der Waals surface area contributed by atoms with E-state index in [-0.39, 0.29) is 5.91 Å². The second-order valence-corrected chi connectivity index (χ2v) is 6.46. The van der Waals surface area contributed by atoms with Gasteiger partial charge in [-0.25, -0.2) is 4.98 Å². The predicted molar refractivity (Wildman–Crippen MR) is 83.0 cm³/mol. The molecule has 6 nitrogen and oxygen atoms in total. The molecular formula is C15H18ClN5O. The Morgan fingerprint density at radius 1 is 1.23 bits per heavy atom. The van der Waals surface area contributed by atoms with Crippen LogP contribution in [-0.4, -0.2) is 43.6 Å². The molecule has 0 aliphatic carbocycles. The van der Waals surface area contributed by atoms with Crippen molar-refractivity contribution in [1.82, 2.24) is 24.6 Å². The molecule has 1 amide bonds. The van der Waals surface area contributed by atoms with Crippen molar-refractivity contribution in [2.45, 2.75) is 20.3 Å². The topological polar surface area (TPSA) is 63.9 Å². The first-order valence-corrected chi connectivity index (χ1v) is 7.72. The number of hydrogen-bond acceptors (Lipinski definition) is 4. The smallest absolute Gasteiger partial charge is 0.255 e. The quantitative estimate of drug-likeness (QED) is 0.853. The fourth-order valence-electron chi connectivity index (χ4n) is 3.06. The van der Waals surface area contributed by atoms with E-state index in [2.05, 4.69) is 29.0 Å². The molecule has 1 saturated heterocycles. The molecule has 2 aromatic heterocycles. The van der Waals surface area contributed by atoms with Gasteiger partial charge < -0.3 is 4.90 Å². The van der Waals surface area contributed by atoms with E-state index in [0.717, 1.165) is 19.5 Å². The van der Waals surface area contributed by atoms with E-state index in [9.17, 15) is 4.79 Å². The van der Waals surface area contributed by atoms with Crippen LogP contribution in [0.3, 0.4) is 0 Å². The molecule has 1 fully saturated rings. The van der Waals surface area contributed by atoms with Gasteiger partial charge in [-0.05, 0) is 24.3 Å². The number of hydrogen-bond donors (Lipinski definition) is 0. The summed E-state index contributed by atoms with van der Waals surface area (Å²) in [6.07, 6.45) is 5.76. The minimum Gasteiger partial charge on any atom is -0.338 e. The number of nitrogens with zero attached hydrogens (tertiary/aromatic N) is 5. The summed E-state index contributed by atoms with van der Waals surface area (Å²) in [5.41, 5.74) is 0.517. The van der Waals surface area contributed by atoms with Crippen LogP contribution in [0.5, 0.6) is 0 Å². The van der Waals surface area contributed by atoms with Gasteiger partial charge in [-0.15, -0.1) is 10.2 Å². The molecular weight excluding hydrogens is 302 g/mol. The highest BCUT2D eigenvalue weighted by Crippen LogP contribution is 2.24. The number of carbonyl (C=O) groups is 1. The summed E-state index contributed by atoms with van der Waals surface area (Å²) < 4.78 is 1.61. The zero-order valence-electron chi connectivity index (χ0n) is 12.6. The van der Waals surface area contributed by atoms with Crippen LogP contribution < -0.4 is 0 Å². The summed E-state index contributed by atoms with van der Waals surface area (Å²) >= 11 is 6.25. The second kappa shape index (κ2) is 6.04. The minimum absolute atomic E-state index is 0.0110. The Balaban J connectivity index is 1.83. The van der Waals surface area contributed by atoms with Crippen molar-refractivity contribution in [3.63, 3.8) is 0 Å². The SMILES string of the molecule is CC1CC(C)CN(C(=O)c2cnc(-n3cnnc3)c(Cl)c2)C1. The van der Waals surface area contributed by atoms with Gasteiger partial charge in [0, 0.05) is 19.3 Å². The van der Waals surface area contributed by atoms with E-state index in [1.165, 1.54) is 12.7 Å². The molecule has 22 heavy (non-hydrogen) atoms. The lowest BCUT2D eigenvalue weighted by atomic mass is 9.91. The van der Waals surface area contributed by atoms with Crippen LogP contribution in [0.25, 0.3) is 5.82 Å². The van der Waals surface area contributed by atoms with E-state index >= 15 is 0 Å². The van der Waals surface area contributed by atoms with Crippen LogP contribution in [0.4, 0.5) is 0 Å². The van der Waals surface area contributed by atoms with Gasteiger partial charge in [0.2, 0.25) is 0 Å². The van der Waals surface area contributed by atoms with Crippen LogP contribution in [0.1, 0.15) is 30.6 Å². The predicted octanol–water partition coefficient (Wildman–Crippen LogP) is 2.43. The Morgan fingerprint density at radius 3 is 2.45 bits per heavy atom. The lowest BCUT2D eigenvalue weighted by Gasteiger charge is -2.35. The average Bonchev–Trinajstić information content (AvgIpc) is 2.99. The van der Waals surface area contributed by atoms with Crippen molar-refractivity contribution in [2.24, 2.45) is 11.8 Å². The summed E-state index contributed by atoms with van der Waals surface area (Å²) in [5, 5.41) is 7.86. The molecule has 7 heteroatoms. The molecule has 2 unspecified atom stereocenters. The first-order chi connectivity index (χ1) is 10.5. The number of piperidine rings is 1. The Morgan fingerprint density at radius 2 is 1.86 bits per heavy atom. The van der Waals surface area contributed by atoms with Gasteiger partial charge in [-0.2, -0.15) is 0 Å². The van der Waals surface area contributed by atoms with Crippen molar-refractivity contribution in [3.05, 3.63) is 35.5 Å². The van der Waals surface area contributed by atoms with Gasteiger partial charge in [0.05, 0.1) is 10.6 Å².